The molecule has 141 heavy (non-hydrogen) atoms. The predicted octanol–water partition coefficient (Wildman–Crippen LogP) is 27.0. The molecule has 4 N–H and O–H groups in total. The highest BCUT2D eigenvalue weighted by atomic mass is 16.5. The lowest BCUT2D eigenvalue weighted by atomic mass is 9.50. The highest BCUT2D eigenvalue weighted by Gasteiger charge is 2.61. The summed E-state index contributed by atoms with van der Waals surface area (Å²) in [5.41, 5.74) is 23.7. The Morgan fingerprint density at radius 3 is 1.06 bits per heavy atom. The van der Waals surface area contributed by atoms with Gasteiger partial charge < -0.3 is 24.7 Å². The number of aliphatic hydroxyl groups is 2. The van der Waals surface area contributed by atoms with Gasteiger partial charge in [0.1, 0.15) is 46.4 Å². The Balaban J connectivity index is 0.000000166. The number of carbonyl (C=O) groups excluding carboxylic acids is 3. The number of nitrogens with zero attached hydrogens (tertiary/aromatic N) is 13. The summed E-state index contributed by atoms with van der Waals surface area (Å²) in [5.74, 6) is 7.02. The normalized spacial score (nSPS) is 25.2. The number of allylic oxidation sites excluding steroid dienone is 5. The van der Waals surface area contributed by atoms with Gasteiger partial charge in [-0.05, 0) is 154 Å². The number of ketones is 3. The molecule has 21 rings (SSSR count). The molecule has 0 unspecified atom stereocenters. The Hall–Kier alpha value is -12.6. The van der Waals surface area contributed by atoms with E-state index in [9.17, 15) is 24.6 Å². The third-order valence-corrected chi connectivity index (χ3v) is 33.0. The van der Waals surface area contributed by atoms with Crippen LogP contribution in [0.15, 0.2) is 197 Å². The summed E-state index contributed by atoms with van der Waals surface area (Å²) in [7, 11) is 2.68. The average Bonchev–Trinajstić information content (AvgIpc) is 1.59. The maximum atomic E-state index is 12.9. The van der Waals surface area contributed by atoms with Crippen LogP contribution in [0.2, 0.25) is 0 Å². The molecule has 2 saturated carbocycles. The van der Waals surface area contributed by atoms with E-state index in [-0.39, 0.29) is 103 Å². The second-order valence-corrected chi connectivity index (χ2v) is 43.3. The Bertz CT molecular complexity index is 6690. The van der Waals surface area contributed by atoms with Crippen LogP contribution in [0, 0.1) is 99.0 Å². The first-order valence-corrected chi connectivity index (χ1v) is 48.3. The summed E-state index contributed by atoms with van der Waals surface area (Å²) in [6.07, 6.45) is 17.8. The minimum absolute atomic E-state index is 0. The van der Waals surface area contributed by atoms with E-state index in [2.05, 4.69) is 182 Å². The first kappa shape index (κ1) is 107. The minimum Gasteiger partial charge on any atom is -0.523 e. The molecule has 10 aliphatic rings. The second-order valence-electron chi connectivity index (χ2n) is 43.3. The molecule has 21 heteroatoms. The van der Waals surface area contributed by atoms with E-state index in [1.165, 1.54) is 59.2 Å². The van der Waals surface area contributed by atoms with Crippen molar-refractivity contribution in [3.05, 3.63) is 312 Å². The van der Waals surface area contributed by atoms with Gasteiger partial charge >= 0.3 is 0 Å². The molecule has 10 aliphatic carbocycles. The summed E-state index contributed by atoms with van der Waals surface area (Å²) in [6.45, 7) is 57.1. The van der Waals surface area contributed by atoms with Gasteiger partial charge in [0, 0.05) is 136 Å². The van der Waals surface area contributed by atoms with E-state index in [4.69, 9.17) is 74.1 Å². The van der Waals surface area contributed by atoms with Crippen molar-refractivity contribution in [1.29, 1.82) is 0 Å². The number of aliphatic hydroxyl groups excluding tert-OH is 2. The van der Waals surface area contributed by atoms with Crippen molar-refractivity contribution in [1.82, 2.24) is 60.5 Å². The van der Waals surface area contributed by atoms with Gasteiger partial charge in [-0.2, -0.15) is 0 Å². The van der Waals surface area contributed by atoms with Crippen LogP contribution in [0.5, 0.6) is 0 Å². The van der Waals surface area contributed by atoms with Crippen molar-refractivity contribution in [2.45, 2.75) is 304 Å². The number of carbonyl (C=O) groups is 3. The smallest absolute Gasteiger partial charge is 0.226 e. The van der Waals surface area contributed by atoms with Gasteiger partial charge in [0.15, 0.2) is 11.6 Å². The van der Waals surface area contributed by atoms with E-state index < -0.39 is 21.7 Å². The molecule has 742 valence electrons. The molecule has 6 aromatic heterocycles. The number of benzene rings is 5. The third-order valence-electron chi connectivity index (χ3n) is 33.0. The number of nitrogens with one attached hydrogen (secondary N) is 1. The molecule has 2 fully saturated rings. The maximum Gasteiger partial charge on any atom is 0.226 e. The summed E-state index contributed by atoms with van der Waals surface area (Å²) >= 11 is 0. The molecule has 0 saturated heterocycles. The molecule has 6 heterocycles. The van der Waals surface area contributed by atoms with E-state index in [1.54, 1.807) is 5.48 Å². The zero-order valence-electron chi connectivity index (χ0n) is 84.9. The van der Waals surface area contributed by atoms with Gasteiger partial charge in [0.25, 0.3) is 0 Å². The number of fused-ring (bicyclic) bond motifs is 16. The number of hydroxylamine groups is 1. The Morgan fingerprint density at radius 2 is 0.702 bits per heavy atom. The molecule has 0 amide bonds. The van der Waals surface area contributed by atoms with Gasteiger partial charge in [0.05, 0.1) is 82.5 Å². The molecule has 0 spiro atoms. The SMILES string of the molecule is C.C.C.C.CNO.Cc1nc(-c2ccccc2)c2c(n1)[C@@]1(C)C/C(=C/O)C(=O)C(C)(C)[C@@H]1CC2.Cc1nc(-c2ccccc2)c2c(n1)[C@@]1(C)CCC(=O)C(C)(C)[C@@H]1CC2.Cc1nc(-c2ccccc2)c2c(n1)[C@@]1(C)Cc3cnoc3C(C)(C)[C@@H]1CC2.[3H]C.[C-]#[N+]C1=C(O)C(C)(C)[C@@H]2CCc3c(-c4ccccc4)nc(C)nc3[C@@]2(C)C1.[C-]#[N+]C1=C[C@]2(C)c3nc(C)nc(-c4ccccc4)c3CC[C@H]2C(C)(C)C1=O. The topological polar surface area (TPSA) is 288 Å². The number of rotatable bonds is 5. The van der Waals surface area contributed by atoms with Gasteiger partial charge in [-0.3, -0.25) is 9.59 Å². The van der Waals surface area contributed by atoms with Crippen LogP contribution in [0.3, 0.4) is 0 Å². The lowest BCUT2D eigenvalue weighted by Crippen LogP contribution is -2.53. The van der Waals surface area contributed by atoms with Crippen molar-refractivity contribution in [3.63, 3.8) is 0 Å². The third kappa shape index (κ3) is 18.8. The zero-order chi connectivity index (χ0) is 99.5. The highest BCUT2D eigenvalue weighted by molar-refractivity contribution is 6.03. The fourth-order valence-corrected chi connectivity index (χ4v) is 26.8. The van der Waals surface area contributed by atoms with Crippen molar-refractivity contribution in [2.24, 2.45) is 51.2 Å². The molecule has 5 aromatic carbocycles. The van der Waals surface area contributed by atoms with Crippen LogP contribution in [-0.2, 0) is 85.4 Å². The summed E-state index contributed by atoms with van der Waals surface area (Å²) in [4.78, 5) is 94.0. The first-order chi connectivity index (χ1) is 65.5. The van der Waals surface area contributed by atoms with Gasteiger partial charge in [-0.15, -0.1) is 0 Å². The lowest BCUT2D eigenvalue weighted by molar-refractivity contribution is -0.137. The van der Waals surface area contributed by atoms with Crippen LogP contribution in [0.25, 0.3) is 66.0 Å². The Kier molecular flexibility index (Phi) is 31.3. The molecular weight excluding hydrogens is 1750 g/mol. The van der Waals surface area contributed by atoms with Gasteiger partial charge in [-0.25, -0.2) is 65.0 Å². The molecule has 10 atom stereocenters. The first-order valence-electron chi connectivity index (χ1n) is 49.3. The van der Waals surface area contributed by atoms with Gasteiger partial charge in [0.2, 0.25) is 11.4 Å². The van der Waals surface area contributed by atoms with Crippen LogP contribution >= 0.6 is 0 Å². The lowest BCUT2D eigenvalue weighted by Gasteiger charge is -2.53. The fraction of sp³-hybridized carbons (Fsp3) is 0.467. The monoisotopic (exact) mass is 1900 g/mol. The largest absolute Gasteiger partial charge is 0.523 e. The molecule has 21 nitrogen and oxygen atoms in total. The number of aromatic nitrogens is 11. The van der Waals surface area contributed by atoms with E-state index in [0.29, 0.717) is 48.2 Å². The number of aryl methyl sites for hydroxylation is 5. The van der Waals surface area contributed by atoms with Crippen molar-refractivity contribution in [3.8, 4) is 56.3 Å². The van der Waals surface area contributed by atoms with E-state index >= 15 is 0 Å². The van der Waals surface area contributed by atoms with Crippen molar-refractivity contribution in [2.75, 3.05) is 7.05 Å². The summed E-state index contributed by atoms with van der Waals surface area (Å²) in [5, 5.41) is 31.9. The summed E-state index contributed by atoms with van der Waals surface area (Å²) < 4.78 is 11.4. The molecule has 0 radical (unpaired) electrons. The fourth-order valence-electron chi connectivity index (χ4n) is 26.8. The van der Waals surface area contributed by atoms with Crippen LogP contribution < -0.4 is 5.48 Å². The van der Waals surface area contributed by atoms with Crippen LogP contribution in [-0.4, -0.2) is 94.8 Å². The summed E-state index contributed by atoms with van der Waals surface area (Å²) in [6, 6.07) is 51.7. The van der Waals surface area contributed by atoms with E-state index in [0.717, 1.165) is 192 Å². The Morgan fingerprint density at radius 1 is 0.397 bits per heavy atom. The quantitative estimate of drug-likeness (QED) is 0.0539. The molecular formula is C120H150N14O7. The van der Waals surface area contributed by atoms with E-state index in [1.807, 2.05) is 135 Å². The standard InChI is InChI=1S/2C23H25N3O.C23H23N3O.C23H26N2O2.C22H26N2O.CH5NO.5CH4/c1-14-25-19(15-8-6-5-7-9-15)17-10-11-18-22(2,3)21-16(13-24-27-21)12-23(18,4)20(17)26-14;2*1-14-25-19(15-9-7-6-8-10-15)16-11-12-18-22(2,3)21(27)17(24-5)13-23(18,4)20(16)26-14;1-14-24-19(15-8-6-5-7-9-15)17-10-11-18-22(2,3)21(27)16(13-26)12-23(18,4)20(17)25-14;1-14-23-19(15-8-6-5-7-9-15)16-10-11-17-21(2,3)18(25)12-13-22(17,4)20(16)24-14;1-2-3;;;;;/h5-9,13,18H,10-12H2,1-4H3;6-10,18,27H,11-13H2,1-4H3;6-10,13,18H,11-12H2,1-4H3;5-9,13,18,26H,10-12H2,1-4H3;5-9,17H,10-13H2,1-4H3;2-3H,1H3;5*1H4/b;;;16-13-;;;;;;;/t4*18-,23-;17-,22-;;;;;;/m00000....../s1/i;;;;;;1T;;;;. The van der Waals surface area contributed by atoms with Crippen LogP contribution in [0.1, 0.15) is 297 Å². The second kappa shape index (κ2) is 41.2. The zero-order valence-corrected chi connectivity index (χ0v) is 83.9. The highest BCUT2D eigenvalue weighted by Crippen LogP contribution is 2.63. The maximum absolute atomic E-state index is 12.9. The molecule has 0 aliphatic heterocycles. The van der Waals surface area contributed by atoms with Crippen LogP contribution in [0.4, 0.5) is 0 Å². The molecule has 11 aromatic rings. The average molecular weight is 1900 g/mol. The Labute approximate surface area is 840 Å². The predicted molar refractivity (Wildman–Crippen MR) is 565 cm³/mol. The number of Topliss-reactive ketones (excluding diaryl/α,β-unsaturated/α-hetero) is 3. The molecule has 0 bridgehead atoms. The minimum atomic E-state index is -0.577. The van der Waals surface area contributed by atoms with Crippen molar-refractivity contribution >= 4 is 17.3 Å². The number of hydrogen-bond donors (Lipinski definition) is 4. The van der Waals surface area contributed by atoms with Gasteiger partial charge in [-0.1, -0.05) is 304 Å². The number of hydrogen-bond acceptors (Lipinski definition) is 19. The van der Waals surface area contributed by atoms with Crippen molar-refractivity contribution < 1.29 is 35.7 Å².